The number of hydrogen-bond acceptors (Lipinski definition) is 4. The Morgan fingerprint density at radius 2 is 1.52 bits per heavy atom. The van der Waals surface area contributed by atoms with Gasteiger partial charge in [0.05, 0.1) is 18.4 Å². The van der Waals surface area contributed by atoms with E-state index in [9.17, 15) is 9.59 Å². The van der Waals surface area contributed by atoms with Crippen molar-refractivity contribution in [1.82, 2.24) is 0 Å². The molecule has 0 aromatic heterocycles. The molecule has 170 valence electrons. The number of hydrogen-bond donors (Lipinski definition) is 0. The maximum atomic E-state index is 13.2. The fraction of sp³-hybridized carbons (Fsp3) is 0.630. The highest BCUT2D eigenvalue weighted by molar-refractivity contribution is 5.84. The molecule has 0 heterocycles. The third-order valence-corrected chi connectivity index (χ3v) is 6.89. The van der Waals surface area contributed by atoms with Gasteiger partial charge in [-0.05, 0) is 49.0 Å². The third-order valence-electron chi connectivity index (χ3n) is 6.89. The van der Waals surface area contributed by atoms with Crippen LogP contribution >= 0.6 is 0 Å². The maximum Gasteiger partial charge on any atom is 0.310 e. The smallest absolute Gasteiger partial charge is 0.310 e. The van der Waals surface area contributed by atoms with E-state index in [4.69, 9.17) is 9.47 Å². The van der Waals surface area contributed by atoms with Crippen LogP contribution in [0.4, 0.5) is 0 Å². The van der Waals surface area contributed by atoms with Crippen molar-refractivity contribution in [3.63, 3.8) is 0 Å². The lowest BCUT2D eigenvalue weighted by molar-refractivity contribution is -0.169. The first kappa shape index (κ1) is 23.6. The van der Waals surface area contributed by atoms with Gasteiger partial charge < -0.3 is 9.47 Å². The molecule has 3 aliphatic rings. The summed E-state index contributed by atoms with van der Waals surface area (Å²) >= 11 is 0. The summed E-state index contributed by atoms with van der Waals surface area (Å²) in [6, 6.07) is 9.69. The van der Waals surface area contributed by atoms with Crippen LogP contribution in [-0.4, -0.2) is 18.5 Å². The second-order valence-electron chi connectivity index (χ2n) is 9.22. The van der Waals surface area contributed by atoms with Gasteiger partial charge in [0.1, 0.15) is 6.61 Å². The molecule has 0 radical (unpaired) electrons. The number of benzene rings is 1. The summed E-state index contributed by atoms with van der Waals surface area (Å²) in [5, 5.41) is 0. The Hall–Kier alpha value is -2.10. The minimum atomic E-state index is -0.426. The van der Waals surface area contributed by atoms with Crippen LogP contribution in [-0.2, 0) is 25.7 Å². The van der Waals surface area contributed by atoms with E-state index >= 15 is 0 Å². The summed E-state index contributed by atoms with van der Waals surface area (Å²) in [5.41, 5.74) is 0.959. The minimum Gasteiger partial charge on any atom is -0.465 e. The van der Waals surface area contributed by atoms with Crippen molar-refractivity contribution in [3.8, 4) is 0 Å². The lowest BCUT2D eigenvalue weighted by Crippen LogP contribution is -2.46. The van der Waals surface area contributed by atoms with Crippen molar-refractivity contribution in [2.24, 2.45) is 29.6 Å². The monoisotopic (exact) mass is 426 g/mol. The first-order valence-corrected chi connectivity index (χ1v) is 12.2. The number of ether oxygens (including phenoxy) is 2. The molecule has 5 atom stereocenters. The standard InChI is InChI=1S/C27H38O4/c1-3-5-7-11-20(10-4-2)18-30-26(28)24-22-14-16-23(17-15-22)25(24)27(29)31-19-21-12-8-6-9-13-21/h6,8-9,12-14,16,20,22-25H,3-5,7,10-11,15,17-19H2,1-2H3. The molecule has 1 fully saturated rings. The van der Waals surface area contributed by atoms with Crippen molar-refractivity contribution in [1.29, 1.82) is 0 Å². The second kappa shape index (κ2) is 12.1. The van der Waals surface area contributed by atoms with Crippen LogP contribution in [0.1, 0.15) is 70.8 Å². The average Bonchev–Trinajstić information content (AvgIpc) is 2.81. The second-order valence-corrected chi connectivity index (χ2v) is 9.22. The summed E-state index contributed by atoms with van der Waals surface area (Å²) in [7, 11) is 0. The summed E-state index contributed by atoms with van der Waals surface area (Å²) in [6.07, 6.45) is 13.0. The first-order chi connectivity index (χ1) is 15.1. The highest BCUT2D eigenvalue weighted by atomic mass is 16.5. The molecule has 0 spiro atoms. The molecular formula is C27H38O4. The van der Waals surface area contributed by atoms with Gasteiger partial charge in [0.2, 0.25) is 0 Å². The van der Waals surface area contributed by atoms with Crippen LogP contribution in [0.5, 0.6) is 0 Å². The van der Waals surface area contributed by atoms with Crippen LogP contribution in [0.15, 0.2) is 42.5 Å². The van der Waals surface area contributed by atoms with E-state index in [0.717, 1.165) is 37.7 Å². The Labute approximate surface area is 187 Å². The van der Waals surface area contributed by atoms with E-state index in [2.05, 4.69) is 26.0 Å². The zero-order chi connectivity index (χ0) is 22.1. The molecule has 4 heteroatoms. The first-order valence-electron chi connectivity index (χ1n) is 12.2. The maximum absolute atomic E-state index is 13.2. The van der Waals surface area contributed by atoms with Crippen molar-refractivity contribution < 1.29 is 19.1 Å². The normalized spacial score (nSPS) is 25.2. The molecule has 1 saturated carbocycles. The van der Waals surface area contributed by atoms with E-state index < -0.39 is 11.8 Å². The zero-order valence-corrected chi connectivity index (χ0v) is 19.1. The molecule has 0 amide bonds. The molecule has 0 N–H and O–H groups in total. The molecule has 4 nitrogen and oxygen atoms in total. The Kier molecular flexibility index (Phi) is 9.17. The third kappa shape index (κ3) is 6.44. The van der Waals surface area contributed by atoms with Crippen molar-refractivity contribution in [2.45, 2.75) is 71.8 Å². The van der Waals surface area contributed by atoms with Gasteiger partial charge in [-0.1, -0.05) is 82.0 Å². The number of unbranched alkanes of at least 4 members (excludes halogenated alkanes) is 2. The predicted molar refractivity (Wildman–Crippen MR) is 122 cm³/mol. The molecule has 2 bridgehead atoms. The molecule has 0 saturated heterocycles. The minimum absolute atomic E-state index is 0.0711. The van der Waals surface area contributed by atoms with Gasteiger partial charge in [-0.2, -0.15) is 0 Å². The van der Waals surface area contributed by atoms with Crippen LogP contribution in [0.3, 0.4) is 0 Å². The zero-order valence-electron chi connectivity index (χ0n) is 19.1. The van der Waals surface area contributed by atoms with E-state index in [0.29, 0.717) is 12.5 Å². The number of rotatable bonds is 12. The van der Waals surface area contributed by atoms with Gasteiger partial charge in [0.25, 0.3) is 0 Å². The van der Waals surface area contributed by atoms with Crippen molar-refractivity contribution >= 4 is 11.9 Å². The summed E-state index contributed by atoms with van der Waals surface area (Å²) in [5.74, 6) is -0.747. The topological polar surface area (TPSA) is 52.6 Å². The number of carbonyl (C=O) groups is 2. The van der Waals surface area contributed by atoms with Crippen LogP contribution in [0, 0.1) is 29.6 Å². The fourth-order valence-corrected chi connectivity index (χ4v) is 5.16. The molecular weight excluding hydrogens is 388 g/mol. The molecule has 3 aliphatic carbocycles. The molecule has 0 aliphatic heterocycles. The summed E-state index contributed by atoms with van der Waals surface area (Å²) < 4.78 is 11.5. The largest absolute Gasteiger partial charge is 0.465 e. The van der Waals surface area contributed by atoms with Gasteiger partial charge in [-0.3, -0.25) is 9.59 Å². The van der Waals surface area contributed by atoms with E-state index in [1.165, 1.54) is 19.3 Å². The van der Waals surface area contributed by atoms with E-state index in [1.54, 1.807) is 0 Å². The molecule has 1 aromatic rings. The number of fused-ring (bicyclic) bond motifs is 2. The number of allylic oxidation sites excluding steroid dienone is 2. The van der Waals surface area contributed by atoms with Gasteiger partial charge >= 0.3 is 11.9 Å². The SMILES string of the molecule is CCCCCC(CCC)COC(=O)C1C2C=CC(CC2)C1C(=O)OCc1ccccc1. The van der Waals surface area contributed by atoms with Gasteiger partial charge in [0.15, 0.2) is 0 Å². The van der Waals surface area contributed by atoms with Crippen LogP contribution in [0.25, 0.3) is 0 Å². The van der Waals surface area contributed by atoms with Crippen molar-refractivity contribution in [3.05, 3.63) is 48.0 Å². The van der Waals surface area contributed by atoms with Gasteiger partial charge in [-0.15, -0.1) is 0 Å². The number of carbonyl (C=O) groups excluding carboxylic acids is 2. The Morgan fingerprint density at radius 3 is 2.10 bits per heavy atom. The number of esters is 2. The van der Waals surface area contributed by atoms with Gasteiger partial charge in [-0.25, -0.2) is 0 Å². The summed E-state index contributed by atoms with van der Waals surface area (Å²) in [6.45, 7) is 5.10. The average molecular weight is 427 g/mol. The highest BCUT2D eigenvalue weighted by Crippen LogP contribution is 2.46. The molecule has 5 unspecified atom stereocenters. The molecule has 31 heavy (non-hydrogen) atoms. The van der Waals surface area contributed by atoms with E-state index in [1.807, 2.05) is 30.3 Å². The van der Waals surface area contributed by atoms with Crippen LogP contribution in [0.2, 0.25) is 0 Å². The van der Waals surface area contributed by atoms with Crippen LogP contribution < -0.4 is 0 Å². The predicted octanol–water partition coefficient (Wildman–Crippen LogP) is 6.10. The Morgan fingerprint density at radius 1 is 0.871 bits per heavy atom. The van der Waals surface area contributed by atoms with Crippen molar-refractivity contribution in [2.75, 3.05) is 6.61 Å². The Balaban J connectivity index is 1.60. The summed E-state index contributed by atoms with van der Waals surface area (Å²) in [4.78, 5) is 26.2. The lowest BCUT2D eigenvalue weighted by atomic mass is 9.62. The lowest BCUT2D eigenvalue weighted by Gasteiger charge is -2.42. The molecule has 1 aromatic carbocycles. The fourth-order valence-electron chi connectivity index (χ4n) is 5.16. The molecule has 4 rings (SSSR count). The van der Waals surface area contributed by atoms with E-state index in [-0.39, 0.29) is 30.4 Å². The highest BCUT2D eigenvalue weighted by Gasteiger charge is 2.49. The quantitative estimate of drug-likeness (QED) is 0.230. The Bertz CT molecular complexity index is 726. The van der Waals surface area contributed by atoms with Gasteiger partial charge in [0, 0.05) is 0 Å².